The summed E-state index contributed by atoms with van der Waals surface area (Å²) in [6, 6.07) is 0. The van der Waals surface area contributed by atoms with Gasteiger partial charge in [-0.25, -0.2) is 8.42 Å². The first-order chi connectivity index (χ1) is 6.38. The molecule has 14 heavy (non-hydrogen) atoms. The molecular formula is C8H13ClN2O2S. The number of hydrogen-bond donors (Lipinski definition) is 1. The summed E-state index contributed by atoms with van der Waals surface area (Å²) >= 11 is 0. The van der Waals surface area contributed by atoms with Crippen LogP contribution in [0.5, 0.6) is 0 Å². The van der Waals surface area contributed by atoms with Crippen molar-refractivity contribution in [2.24, 2.45) is 5.92 Å². The Morgan fingerprint density at radius 1 is 1.57 bits per heavy atom. The molecule has 1 aromatic heterocycles. The van der Waals surface area contributed by atoms with E-state index in [2.05, 4.69) is 24.0 Å². The molecule has 0 aliphatic rings. The van der Waals surface area contributed by atoms with Gasteiger partial charge < -0.3 is 0 Å². The zero-order valence-electron chi connectivity index (χ0n) is 8.12. The maximum absolute atomic E-state index is 10.9. The van der Waals surface area contributed by atoms with Crippen molar-refractivity contribution in [1.29, 1.82) is 0 Å². The van der Waals surface area contributed by atoms with Crippen molar-refractivity contribution in [3.8, 4) is 0 Å². The second kappa shape index (κ2) is 4.31. The molecule has 0 saturated heterocycles. The van der Waals surface area contributed by atoms with Crippen molar-refractivity contribution in [1.82, 2.24) is 10.2 Å². The number of nitrogens with zero attached hydrogens (tertiary/aromatic N) is 1. The van der Waals surface area contributed by atoms with E-state index in [1.807, 2.05) is 0 Å². The largest absolute Gasteiger partial charge is 0.282 e. The topological polar surface area (TPSA) is 62.8 Å². The third-order valence-electron chi connectivity index (χ3n) is 1.75. The van der Waals surface area contributed by atoms with Crippen LogP contribution in [0.25, 0.3) is 0 Å². The Labute approximate surface area is 88.1 Å². The van der Waals surface area contributed by atoms with Crippen molar-refractivity contribution in [3.05, 3.63) is 17.5 Å². The summed E-state index contributed by atoms with van der Waals surface area (Å²) in [7, 11) is 1.67. The average Bonchev–Trinajstić information content (AvgIpc) is 2.32. The van der Waals surface area contributed by atoms with Crippen LogP contribution < -0.4 is 0 Å². The molecule has 0 atom stereocenters. The van der Waals surface area contributed by atoms with Crippen molar-refractivity contribution in [2.45, 2.75) is 26.0 Å². The number of hydrogen-bond acceptors (Lipinski definition) is 3. The van der Waals surface area contributed by atoms with E-state index in [1.54, 1.807) is 0 Å². The van der Waals surface area contributed by atoms with Crippen molar-refractivity contribution in [2.75, 3.05) is 0 Å². The molecule has 0 amide bonds. The van der Waals surface area contributed by atoms with E-state index in [9.17, 15) is 8.42 Å². The molecule has 0 aromatic carbocycles. The van der Waals surface area contributed by atoms with E-state index in [1.165, 1.54) is 6.20 Å². The van der Waals surface area contributed by atoms with Gasteiger partial charge in [0.25, 0.3) is 0 Å². The minimum Gasteiger partial charge on any atom is -0.282 e. The van der Waals surface area contributed by atoms with Crippen LogP contribution in [0.1, 0.15) is 25.1 Å². The summed E-state index contributed by atoms with van der Waals surface area (Å²) in [5.41, 5.74) is 1.51. The second-order valence-corrected chi connectivity index (χ2v) is 6.43. The van der Waals surface area contributed by atoms with Crippen molar-refractivity contribution < 1.29 is 8.42 Å². The summed E-state index contributed by atoms with van der Waals surface area (Å²) in [4.78, 5) is 0. The van der Waals surface area contributed by atoms with Crippen molar-refractivity contribution >= 4 is 19.7 Å². The summed E-state index contributed by atoms with van der Waals surface area (Å²) in [6.07, 6.45) is 2.29. The lowest BCUT2D eigenvalue weighted by Crippen LogP contribution is -2.01. The molecule has 0 bridgehead atoms. The van der Waals surface area contributed by atoms with Crippen molar-refractivity contribution in [3.63, 3.8) is 0 Å². The lowest BCUT2D eigenvalue weighted by atomic mass is 10.1. The van der Waals surface area contributed by atoms with Crippen LogP contribution in [0.4, 0.5) is 0 Å². The monoisotopic (exact) mass is 236 g/mol. The number of halogens is 1. The fraction of sp³-hybridized carbons (Fsp3) is 0.625. The molecule has 0 saturated carbocycles. The minimum atomic E-state index is -3.49. The zero-order valence-corrected chi connectivity index (χ0v) is 9.69. The normalized spacial score (nSPS) is 12.3. The number of aromatic nitrogens is 2. The van der Waals surface area contributed by atoms with Crippen LogP contribution in [0, 0.1) is 5.92 Å². The first-order valence-electron chi connectivity index (χ1n) is 4.32. The molecule has 0 spiro atoms. The molecule has 0 fully saturated rings. The highest BCUT2D eigenvalue weighted by Crippen LogP contribution is 2.15. The van der Waals surface area contributed by atoms with Crippen LogP contribution in [0.15, 0.2) is 6.20 Å². The Morgan fingerprint density at radius 2 is 2.21 bits per heavy atom. The lowest BCUT2D eigenvalue weighted by molar-refractivity contribution is 0.606. The average molecular weight is 237 g/mol. The number of nitrogens with one attached hydrogen (secondary N) is 1. The van der Waals surface area contributed by atoms with E-state index in [0.717, 1.165) is 12.1 Å². The highest BCUT2D eigenvalue weighted by atomic mass is 35.7. The molecule has 0 aliphatic carbocycles. The minimum absolute atomic E-state index is 0.160. The zero-order chi connectivity index (χ0) is 10.8. The predicted octanol–water partition coefficient (Wildman–Crippen LogP) is 1.68. The van der Waals surface area contributed by atoms with Gasteiger partial charge in [0, 0.05) is 21.9 Å². The maximum Gasteiger partial charge on any atom is 0.236 e. The van der Waals surface area contributed by atoms with E-state index in [0.29, 0.717) is 11.5 Å². The van der Waals surface area contributed by atoms with Gasteiger partial charge in [0.05, 0.1) is 11.9 Å². The molecule has 1 N–H and O–H groups in total. The molecule has 80 valence electrons. The molecule has 6 heteroatoms. The Kier molecular flexibility index (Phi) is 3.55. The van der Waals surface area contributed by atoms with E-state index in [4.69, 9.17) is 10.7 Å². The predicted molar refractivity (Wildman–Crippen MR) is 55.6 cm³/mol. The Bertz CT molecular complexity index is 397. The molecule has 0 aliphatic heterocycles. The fourth-order valence-corrected chi connectivity index (χ4v) is 2.21. The quantitative estimate of drug-likeness (QED) is 0.809. The van der Waals surface area contributed by atoms with Gasteiger partial charge in [0.15, 0.2) is 0 Å². The van der Waals surface area contributed by atoms with E-state index in [-0.39, 0.29) is 5.75 Å². The van der Waals surface area contributed by atoms with Gasteiger partial charge in [-0.1, -0.05) is 13.8 Å². The van der Waals surface area contributed by atoms with Gasteiger partial charge in [-0.15, -0.1) is 0 Å². The second-order valence-electron chi connectivity index (χ2n) is 3.65. The highest BCUT2D eigenvalue weighted by Gasteiger charge is 2.13. The third kappa shape index (κ3) is 3.67. The number of rotatable bonds is 4. The maximum atomic E-state index is 10.9. The summed E-state index contributed by atoms with van der Waals surface area (Å²) in [6.45, 7) is 4.11. The van der Waals surface area contributed by atoms with Gasteiger partial charge in [0.2, 0.25) is 9.05 Å². The molecule has 1 heterocycles. The molecule has 1 rings (SSSR count). The standard InChI is InChI=1S/C8H13ClN2O2S/c1-6(2)3-8-7(4-10-11-8)5-14(9,12)13/h4,6H,3,5H2,1-2H3,(H,10,11). The molecular weight excluding hydrogens is 224 g/mol. The Balaban J connectivity index is 2.83. The van der Waals surface area contributed by atoms with Crippen LogP contribution in [0.3, 0.4) is 0 Å². The van der Waals surface area contributed by atoms with Gasteiger partial charge >= 0.3 is 0 Å². The van der Waals surface area contributed by atoms with Crippen LogP contribution in [-0.2, 0) is 21.2 Å². The summed E-state index contributed by atoms with van der Waals surface area (Å²) in [5, 5.41) is 6.60. The molecule has 4 nitrogen and oxygen atoms in total. The first kappa shape index (κ1) is 11.5. The number of H-pyrrole nitrogens is 1. The molecule has 0 radical (unpaired) electrons. The van der Waals surface area contributed by atoms with Gasteiger partial charge in [-0.2, -0.15) is 5.10 Å². The first-order valence-corrected chi connectivity index (χ1v) is 6.80. The highest BCUT2D eigenvalue weighted by molar-refractivity contribution is 8.13. The van der Waals surface area contributed by atoms with Crippen LogP contribution in [-0.4, -0.2) is 18.6 Å². The molecule has 1 aromatic rings. The molecule has 0 unspecified atom stereocenters. The summed E-state index contributed by atoms with van der Waals surface area (Å²) < 4.78 is 21.7. The van der Waals surface area contributed by atoms with Crippen LogP contribution >= 0.6 is 10.7 Å². The Hall–Kier alpha value is -0.550. The van der Waals surface area contributed by atoms with Crippen LogP contribution in [0.2, 0.25) is 0 Å². The summed E-state index contributed by atoms with van der Waals surface area (Å²) in [5.74, 6) is 0.292. The van der Waals surface area contributed by atoms with Gasteiger partial charge in [-0.3, -0.25) is 5.10 Å². The smallest absolute Gasteiger partial charge is 0.236 e. The lowest BCUT2D eigenvalue weighted by Gasteiger charge is -2.03. The Morgan fingerprint density at radius 3 is 2.71 bits per heavy atom. The van der Waals surface area contributed by atoms with E-state index < -0.39 is 9.05 Å². The van der Waals surface area contributed by atoms with Gasteiger partial charge in [0.1, 0.15) is 0 Å². The SMILES string of the molecule is CC(C)Cc1[nH]ncc1CS(=O)(=O)Cl. The fourth-order valence-electron chi connectivity index (χ4n) is 1.23. The van der Waals surface area contributed by atoms with Gasteiger partial charge in [-0.05, 0) is 12.3 Å². The number of aromatic amines is 1. The van der Waals surface area contributed by atoms with E-state index >= 15 is 0 Å². The third-order valence-corrected chi connectivity index (χ3v) is 2.73.